The van der Waals surface area contributed by atoms with Crippen LogP contribution in [-0.4, -0.2) is 37.4 Å². The van der Waals surface area contributed by atoms with E-state index in [9.17, 15) is 14.7 Å². The number of hydrogen-bond acceptors (Lipinski definition) is 2. The molecule has 5 rings (SSSR count). The van der Waals surface area contributed by atoms with Crippen LogP contribution in [0.3, 0.4) is 0 Å². The van der Waals surface area contributed by atoms with Crippen LogP contribution in [-0.2, 0) is 24.3 Å². The molecule has 2 amide bonds. The van der Waals surface area contributed by atoms with Gasteiger partial charge in [0.15, 0.2) is 0 Å². The molecule has 8 heteroatoms. The topological polar surface area (TPSA) is 93.6 Å². The summed E-state index contributed by atoms with van der Waals surface area (Å²) < 4.78 is 5.72. The molecule has 0 radical (unpaired) electrons. The van der Waals surface area contributed by atoms with E-state index in [1.54, 1.807) is 0 Å². The molecule has 5 aromatic rings. The van der Waals surface area contributed by atoms with Crippen LogP contribution in [0.1, 0.15) is 28.3 Å². The van der Waals surface area contributed by atoms with Crippen LogP contribution in [0.15, 0.2) is 102 Å². The predicted octanol–water partition coefficient (Wildman–Crippen LogP) is 5.09. The van der Waals surface area contributed by atoms with E-state index < -0.39 is 6.09 Å². The SMILES string of the molecule is Cc1ccc(C[C@@H](CNC(=O)Cn2cccc2)n2/c(=N/C(=O)O)n(Cc3ccc(C)cc3)c3ccccc32)cc1. The number of para-hydroxylation sites is 2. The summed E-state index contributed by atoms with van der Waals surface area (Å²) in [7, 11) is 0. The Balaban J connectivity index is 1.60. The van der Waals surface area contributed by atoms with Crippen molar-refractivity contribution in [1.29, 1.82) is 0 Å². The Morgan fingerprint density at radius 1 is 0.825 bits per heavy atom. The molecule has 0 bridgehead atoms. The monoisotopic (exact) mass is 535 g/mol. The highest BCUT2D eigenvalue weighted by Crippen LogP contribution is 2.22. The molecule has 204 valence electrons. The Hall–Kier alpha value is -4.85. The minimum Gasteiger partial charge on any atom is -0.463 e. The molecule has 1 atom stereocenters. The first-order valence-corrected chi connectivity index (χ1v) is 13.3. The normalized spacial score (nSPS) is 12.5. The molecule has 2 heterocycles. The summed E-state index contributed by atoms with van der Waals surface area (Å²) in [6.07, 6.45) is 3.00. The average Bonchev–Trinajstić information content (AvgIpc) is 3.55. The maximum atomic E-state index is 12.9. The van der Waals surface area contributed by atoms with Gasteiger partial charge in [-0.05, 0) is 55.7 Å². The third-order valence-corrected chi connectivity index (χ3v) is 7.03. The second-order valence-electron chi connectivity index (χ2n) is 10.1. The summed E-state index contributed by atoms with van der Waals surface area (Å²) in [5.74, 6) is -0.120. The van der Waals surface area contributed by atoms with Gasteiger partial charge in [0.2, 0.25) is 11.5 Å². The lowest BCUT2D eigenvalue weighted by Gasteiger charge is -2.21. The van der Waals surface area contributed by atoms with Crippen molar-refractivity contribution in [2.45, 2.75) is 39.4 Å². The Bertz CT molecular complexity index is 1680. The van der Waals surface area contributed by atoms with Gasteiger partial charge in [0.25, 0.3) is 0 Å². The molecule has 0 fully saturated rings. The van der Waals surface area contributed by atoms with Crippen LogP contribution in [0.4, 0.5) is 4.79 Å². The number of carbonyl (C=O) groups is 2. The number of fused-ring (bicyclic) bond motifs is 1. The van der Waals surface area contributed by atoms with Crippen LogP contribution in [0.2, 0.25) is 0 Å². The highest BCUT2D eigenvalue weighted by atomic mass is 16.4. The quantitative estimate of drug-likeness (QED) is 0.275. The number of aryl methyl sites for hydroxylation is 2. The van der Waals surface area contributed by atoms with Crippen LogP contribution in [0, 0.1) is 13.8 Å². The van der Waals surface area contributed by atoms with E-state index in [4.69, 9.17) is 0 Å². The third-order valence-electron chi connectivity index (χ3n) is 7.03. The summed E-state index contributed by atoms with van der Waals surface area (Å²) in [5, 5.41) is 12.9. The first kappa shape index (κ1) is 26.7. The zero-order chi connectivity index (χ0) is 28.1. The van der Waals surface area contributed by atoms with Crippen molar-refractivity contribution >= 4 is 23.0 Å². The maximum absolute atomic E-state index is 12.9. The number of nitrogens with zero attached hydrogens (tertiary/aromatic N) is 4. The molecule has 0 saturated carbocycles. The predicted molar refractivity (Wildman–Crippen MR) is 155 cm³/mol. The number of amides is 2. The maximum Gasteiger partial charge on any atom is 0.434 e. The Morgan fingerprint density at radius 2 is 1.43 bits per heavy atom. The zero-order valence-electron chi connectivity index (χ0n) is 22.7. The van der Waals surface area contributed by atoms with Crippen molar-refractivity contribution in [2.24, 2.45) is 4.99 Å². The molecule has 0 aliphatic heterocycles. The molecule has 2 N–H and O–H groups in total. The van der Waals surface area contributed by atoms with Gasteiger partial charge in [0, 0.05) is 18.9 Å². The molecule has 0 aliphatic rings. The van der Waals surface area contributed by atoms with E-state index >= 15 is 0 Å². The number of hydrogen-bond donors (Lipinski definition) is 2. The number of carboxylic acid groups (broad SMARTS) is 1. The number of nitrogens with one attached hydrogen (secondary N) is 1. The van der Waals surface area contributed by atoms with E-state index in [0.29, 0.717) is 25.1 Å². The number of rotatable bonds is 9. The lowest BCUT2D eigenvalue weighted by atomic mass is 10.0. The van der Waals surface area contributed by atoms with Crippen molar-refractivity contribution in [2.75, 3.05) is 6.54 Å². The Labute approximate surface area is 232 Å². The number of carbonyl (C=O) groups excluding carboxylic acids is 1. The van der Waals surface area contributed by atoms with Crippen molar-refractivity contribution in [3.05, 3.63) is 125 Å². The Morgan fingerprint density at radius 3 is 2.05 bits per heavy atom. The molecule has 0 spiro atoms. The second-order valence-corrected chi connectivity index (χ2v) is 10.1. The van der Waals surface area contributed by atoms with Crippen LogP contribution < -0.4 is 10.9 Å². The van der Waals surface area contributed by atoms with Gasteiger partial charge in [0.05, 0.1) is 23.6 Å². The van der Waals surface area contributed by atoms with E-state index in [-0.39, 0.29) is 18.5 Å². The smallest absolute Gasteiger partial charge is 0.434 e. The van der Waals surface area contributed by atoms with Crippen LogP contribution in [0.25, 0.3) is 11.0 Å². The van der Waals surface area contributed by atoms with Gasteiger partial charge in [-0.2, -0.15) is 0 Å². The van der Waals surface area contributed by atoms with Gasteiger partial charge < -0.3 is 24.1 Å². The highest BCUT2D eigenvalue weighted by Gasteiger charge is 2.22. The average molecular weight is 536 g/mol. The minimum atomic E-state index is -1.27. The Kier molecular flexibility index (Phi) is 7.96. The molecular formula is C32H33N5O3. The fourth-order valence-electron chi connectivity index (χ4n) is 5.01. The van der Waals surface area contributed by atoms with Crippen molar-refractivity contribution in [1.82, 2.24) is 19.0 Å². The fourth-order valence-corrected chi connectivity index (χ4v) is 5.01. The summed E-state index contributed by atoms with van der Waals surface area (Å²) in [4.78, 5) is 29.0. The van der Waals surface area contributed by atoms with E-state index in [1.807, 2.05) is 101 Å². The largest absolute Gasteiger partial charge is 0.463 e. The zero-order valence-corrected chi connectivity index (χ0v) is 22.7. The van der Waals surface area contributed by atoms with E-state index in [2.05, 4.69) is 34.6 Å². The first-order chi connectivity index (χ1) is 19.4. The number of benzene rings is 3. The molecule has 0 aliphatic carbocycles. The lowest BCUT2D eigenvalue weighted by molar-refractivity contribution is -0.121. The van der Waals surface area contributed by atoms with Crippen molar-refractivity contribution < 1.29 is 14.7 Å². The molecule has 0 unspecified atom stereocenters. The van der Waals surface area contributed by atoms with Gasteiger partial charge in [-0.25, -0.2) is 4.79 Å². The number of aromatic nitrogens is 3. The summed E-state index contributed by atoms with van der Waals surface area (Å²) >= 11 is 0. The van der Waals surface area contributed by atoms with Crippen molar-refractivity contribution in [3.63, 3.8) is 0 Å². The van der Waals surface area contributed by atoms with E-state index in [1.165, 1.54) is 0 Å². The fraction of sp³-hybridized carbons (Fsp3) is 0.219. The van der Waals surface area contributed by atoms with Gasteiger partial charge in [0.1, 0.15) is 6.54 Å². The van der Waals surface area contributed by atoms with Gasteiger partial charge in [-0.1, -0.05) is 71.8 Å². The minimum absolute atomic E-state index is 0.120. The summed E-state index contributed by atoms with van der Waals surface area (Å²) in [6, 6.07) is 27.8. The van der Waals surface area contributed by atoms with E-state index in [0.717, 1.165) is 33.3 Å². The molecule has 40 heavy (non-hydrogen) atoms. The molecule has 2 aromatic heterocycles. The summed E-state index contributed by atoms with van der Waals surface area (Å²) in [5.41, 5.74) is 6.48. The molecule has 0 saturated heterocycles. The number of imidazole rings is 1. The van der Waals surface area contributed by atoms with Crippen LogP contribution in [0.5, 0.6) is 0 Å². The summed E-state index contributed by atoms with van der Waals surface area (Å²) in [6.45, 7) is 5.04. The molecule has 3 aromatic carbocycles. The molecular weight excluding hydrogens is 502 g/mol. The van der Waals surface area contributed by atoms with Crippen molar-refractivity contribution in [3.8, 4) is 0 Å². The highest BCUT2D eigenvalue weighted by molar-refractivity contribution is 5.77. The third kappa shape index (κ3) is 6.23. The van der Waals surface area contributed by atoms with Gasteiger partial charge in [-0.15, -0.1) is 4.99 Å². The second kappa shape index (κ2) is 11.9. The van der Waals surface area contributed by atoms with Gasteiger partial charge >= 0.3 is 6.09 Å². The van der Waals surface area contributed by atoms with Gasteiger partial charge in [-0.3, -0.25) is 4.79 Å². The standard InChI is InChI=1S/C32H33N5O3/c1-23-9-13-25(14-10-23)19-27(20-33-30(38)22-35-17-5-6-18-35)37-29-8-4-3-7-28(29)36(31(37)34-32(39)40)21-26-15-11-24(2)12-16-26/h3-18,27H,19-22H2,1-2H3,(H,33,38)(H,39,40)/b34-31+/t27-/m0/s1. The lowest BCUT2D eigenvalue weighted by Crippen LogP contribution is -2.38. The van der Waals surface area contributed by atoms with Crippen LogP contribution >= 0.6 is 0 Å². The molecule has 8 nitrogen and oxygen atoms in total. The first-order valence-electron chi connectivity index (χ1n) is 13.3.